The first-order valence-corrected chi connectivity index (χ1v) is 9.49. The summed E-state index contributed by atoms with van der Waals surface area (Å²) in [5, 5.41) is 9.29. The van der Waals surface area contributed by atoms with Gasteiger partial charge in [0.1, 0.15) is 6.54 Å². The van der Waals surface area contributed by atoms with Crippen LogP contribution >= 0.6 is 11.6 Å². The summed E-state index contributed by atoms with van der Waals surface area (Å²) < 4.78 is 5.09. The molecular formula is C22H18ClN3O4. The van der Waals surface area contributed by atoms with Crippen LogP contribution in [0.2, 0.25) is 5.02 Å². The Morgan fingerprint density at radius 1 is 1.17 bits per heavy atom. The van der Waals surface area contributed by atoms with Crippen LogP contribution in [-0.2, 0) is 14.3 Å². The molecule has 2 amide bonds. The van der Waals surface area contributed by atoms with Crippen LogP contribution in [-0.4, -0.2) is 42.4 Å². The predicted octanol–water partition coefficient (Wildman–Crippen LogP) is 3.26. The molecule has 0 N–H and O–H groups in total. The summed E-state index contributed by atoms with van der Waals surface area (Å²) in [6.45, 7) is 3.11. The van der Waals surface area contributed by atoms with Crippen LogP contribution in [0.4, 0.5) is 5.69 Å². The fourth-order valence-corrected chi connectivity index (χ4v) is 3.28. The number of hydrogen-bond donors (Lipinski definition) is 0. The normalized spacial score (nSPS) is 12.3. The predicted molar refractivity (Wildman–Crippen MR) is 112 cm³/mol. The van der Waals surface area contributed by atoms with Gasteiger partial charge in [-0.15, -0.1) is 0 Å². The van der Waals surface area contributed by atoms with Crippen LogP contribution in [0.25, 0.3) is 5.70 Å². The molecule has 0 saturated carbocycles. The number of ether oxygens (including phenoxy) is 1. The second-order valence-corrected chi connectivity index (χ2v) is 6.91. The van der Waals surface area contributed by atoms with Crippen molar-refractivity contribution in [2.45, 2.75) is 6.42 Å². The van der Waals surface area contributed by atoms with Gasteiger partial charge < -0.3 is 9.64 Å². The molecule has 0 atom stereocenters. The molecule has 2 aromatic carbocycles. The number of nitriles is 1. The Labute approximate surface area is 178 Å². The zero-order chi connectivity index (χ0) is 21.7. The van der Waals surface area contributed by atoms with Crippen molar-refractivity contribution < 1.29 is 19.1 Å². The number of amides is 2. The molecular weight excluding hydrogens is 406 g/mol. The number of fused-ring (bicyclic) bond motifs is 1. The maximum atomic E-state index is 12.6. The molecule has 7 nitrogen and oxygen atoms in total. The highest BCUT2D eigenvalue weighted by Crippen LogP contribution is 2.30. The van der Waals surface area contributed by atoms with Gasteiger partial charge in [-0.1, -0.05) is 42.4 Å². The molecule has 0 fully saturated rings. The van der Waals surface area contributed by atoms with Crippen LogP contribution in [0.5, 0.6) is 0 Å². The maximum Gasteiger partial charge on any atom is 0.326 e. The molecule has 0 aliphatic carbocycles. The minimum atomic E-state index is -0.739. The van der Waals surface area contributed by atoms with E-state index in [0.29, 0.717) is 27.5 Å². The van der Waals surface area contributed by atoms with Crippen LogP contribution in [0, 0.1) is 11.3 Å². The van der Waals surface area contributed by atoms with Gasteiger partial charge in [-0.3, -0.25) is 19.3 Å². The van der Waals surface area contributed by atoms with Gasteiger partial charge >= 0.3 is 5.97 Å². The Balaban J connectivity index is 1.62. The third-order valence-corrected chi connectivity index (χ3v) is 4.79. The molecule has 30 heavy (non-hydrogen) atoms. The summed E-state index contributed by atoms with van der Waals surface area (Å²) in [4.78, 5) is 39.9. The Kier molecular flexibility index (Phi) is 6.50. The first-order chi connectivity index (χ1) is 14.4. The number of nitrogens with zero attached hydrogens (tertiary/aromatic N) is 3. The van der Waals surface area contributed by atoms with Crippen molar-refractivity contribution >= 4 is 40.8 Å². The van der Waals surface area contributed by atoms with E-state index in [-0.39, 0.29) is 25.4 Å². The second kappa shape index (κ2) is 9.25. The summed E-state index contributed by atoms with van der Waals surface area (Å²) in [5.41, 5.74) is 2.04. The first-order valence-electron chi connectivity index (χ1n) is 9.11. The molecule has 0 unspecified atom stereocenters. The van der Waals surface area contributed by atoms with Gasteiger partial charge in [0.15, 0.2) is 6.61 Å². The molecule has 3 rings (SSSR count). The van der Waals surface area contributed by atoms with Crippen LogP contribution < -0.4 is 4.90 Å². The van der Waals surface area contributed by atoms with Gasteiger partial charge in [0.25, 0.3) is 11.8 Å². The Morgan fingerprint density at radius 2 is 1.90 bits per heavy atom. The van der Waals surface area contributed by atoms with Crippen LogP contribution in [0.1, 0.15) is 22.3 Å². The molecule has 152 valence electrons. The number of anilines is 1. The summed E-state index contributed by atoms with van der Waals surface area (Å²) in [5.74, 6) is -1.58. The molecule has 0 saturated heterocycles. The Hall–Kier alpha value is -3.63. The van der Waals surface area contributed by atoms with Crippen molar-refractivity contribution in [1.29, 1.82) is 5.26 Å². The Morgan fingerprint density at radius 3 is 2.57 bits per heavy atom. The molecule has 0 spiro atoms. The van der Waals surface area contributed by atoms with Crippen LogP contribution in [0.15, 0.2) is 55.1 Å². The minimum absolute atomic E-state index is 0.104. The van der Waals surface area contributed by atoms with Crippen molar-refractivity contribution in [3.8, 4) is 6.07 Å². The van der Waals surface area contributed by atoms with Crippen molar-refractivity contribution in [1.82, 2.24) is 4.90 Å². The number of benzene rings is 2. The number of halogens is 1. The summed E-state index contributed by atoms with van der Waals surface area (Å²) in [6.07, 6.45) is 0.104. The van der Waals surface area contributed by atoms with Gasteiger partial charge in [-0.25, -0.2) is 0 Å². The fraction of sp³-hybridized carbons (Fsp3) is 0.182. The summed E-state index contributed by atoms with van der Waals surface area (Å²) in [6, 6.07) is 15.5. The molecule has 8 heteroatoms. The van der Waals surface area contributed by atoms with Gasteiger partial charge in [0, 0.05) is 34.1 Å². The van der Waals surface area contributed by atoms with E-state index in [1.807, 2.05) is 6.07 Å². The summed E-state index contributed by atoms with van der Waals surface area (Å²) >= 11 is 5.98. The quantitative estimate of drug-likeness (QED) is 0.637. The second-order valence-electron chi connectivity index (χ2n) is 6.48. The third kappa shape index (κ3) is 4.50. The largest absolute Gasteiger partial charge is 0.454 e. The lowest BCUT2D eigenvalue weighted by Crippen LogP contribution is -2.37. The highest BCUT2D eigenvalue weighted by atomic mass is 35.5. The first kappa shape index (κ1) is 21.1. The van der Waals surface area contributed by atoms with Crippen molar-refractivity contribution in [3.05, 3.63) is 71.3 Å². The van der Waals surface area contributed by atoms with Crippen molar-refractivity contribution in [3.63, 3.8) is 0 Å². The smallest absolute Gasteiger partial charge is 0.326 e. The van der Waals surface area contributed by atoms with E-state index in [9.17, 15) is 14.4 Å². The number of hydrogen-bond acceptors (Lipinski definition) is 5. The molecule has 1 heterocycles. The van der Waals surface area contributed by atoms with Crippen LogP contribution in [0.3, 0.4) is 0 Å². The highest BCUT2D eigenvalue weighted by molar-refractivity contribution is 6.30. The maximum absolute atomic E-state index is 12.6. The number of esters is 1. The number of rotatable bonds is 7. The van der Waals surface area contributed by atoms with Crippen molar-refractivity contribution in [2.24, 2.45) is 0 Å². The van der Waals surface area contributed by atoms with E-state index in [1.165, 1.54) is 9.80 Å². The summed E-state index contributed by atoms with van der Waals surface area (Å²) in [7, 11) is 0. The molecule has 1 aliphatic rings. The Bertz CT molecular complexity index is 1030. The zero-order valence-electron chi connectivity index (χ0n) is 16.0. The zero-order valence-corrected chi connectivity index (χ0v) is 16.8. The molecule has 0 radical (unpaired) electrons. The lowest BCUT2D eigenvalue weighted by molar-refractivity contribution is -0.147. The highest BCUT2D eigenvalue weighted by Gasteiger charge is 2.32. The van der Waals surface area contributed by atoms with E-state index in [0.717, 1.165) is 0 Å². The topological polar surface area (TPSA) is 90.7 Å². The third-order valence-electron chi connectivity index (χ3n) is 4.55. The van der Waals surface area contributed by atoms with Gasteiger partial charge in [0.2, 0.25) is 0 Å². The molecule has 1 aliphatic heterocycles. The average molecular weight is 424 g/mol. The van der Waals surface area contributed by atoms with Crippen molar-refractivity contribution in [2.75, 3.05) is 24.6 Å². The van der Waals surface area contributed by atoms with E-state index >= 15 is 0 Å². The van der Waals surface area contributed by atoms with E-state index in [4.69, 9.17) is 21.6 Å². The molecule has 0 bridgehead atoms. The lowest BCUT2D eigenvalue weighted by Gasteiger charge is -2.22. The van der Waals surface area contributed by atoms with Gasteiger partial charge in [-0.2, -0.15) is 5.26 Å². The lowest BCUT2D eigenvalue weighted by atomic mass is 10.1. The number of carbonyl (C=O) groups excluding carboxylic acids is 3. The SMILES string of the molecule is C=C1c2ccccc2C(=O)N1CC(=O)OCC(=O)N(CCC#N)c1cccc(Cl)c1. The minimum Gasteiger partial charge on any atom is -0.454 e. The number of carbonyl (C=O) groups is 3. The van der Waals surface area contributed by atoms with E-state index in [2.05, 4.69) is 6.58 Å². The van der Waals surface area contributed by atoms with Gasteiger partial charge in [0.05, 0.1) is 12.5 Å². The molecule has 2 aromatic rings. The molecule has 0 aromatic heterocycles. The monoisotopic (exact) mass is 423 g/mol. The van der Waals surface area contributed by atoms with Gasteiger partial charge in [-0.05, 0) is 24.3 Å². The average Bonchev–Trinajstić information content (AvgIpc) is 2.98. The van der Waals surface area contributed by atoms with E-state index in [1.54, 1.807) is 48.5 Å². The van der Waals surface area contributed by atoms with E-state index < -0.39 is 18.5 Å². The standard InChI is InChI=1S/C22H18ClN3O4/c1-15-18-8-2-3-9-19(18)22(29)26(15)13-21(28)30-14-20(27)25(11-5-10-24)17-7-4-6-16(23)12-17/h2-4,6-9,12H,1,5,11,13-14H2. The fourth-order valence-electron chi connectivity index (χ4n) is 3.10.